The van der Waals surface area contributed by atoms with Crippen LogP contribution >= 0.6 is 0 Å². The van der Waals surface area contributed by atoms with E-state index in [1.165, 1.54) is 308 Å². The van der Waals surface area contributed by atoms with Gasteiger partial charge in [0.25, 0.3) is 0 Å². The monoisotopic (exact) mass is 992 g/mol. The van der Waals surface area contributed by atoms with E-state index in [1.54, 1.807) is 0 Å². The molecule has 0 aliphatic heterocycles. The van der Waals surface area contributed by atoms with Gasteiger partial charge in [-0.2, -0.15) is 0 Å². The van der Waals surface area contributed by atoms with Gasteiger partial charge in [0.15, 0.2) is 0 Å². The van der Waals surface area contributed by atoms with Crippen LogP contribution in [0.2, 0.25) is 0 Å². The van der Waals surface area contributed by atoms with Crippen LogP contribution in [-0.4, -0.2) is 57.3 Å². The Bertz CT molecular complexity index is 979. The van der Waals surface area contributed by atoms with Crippen molar-refractivity contribution >= 4 is 5.91 Å². The minimum absolute atomic E-state index is 0.376. The van der Waals surface area contributed by atoms with Crippen molar-refractivity contribution in [2.24, 2.45) is 0 Å². The maximum absolute atomic E-state index is 12.6. The Kier molecular flexibility index (Phi) is 58.6. The first-order chi connectivity index (χ1) is 34.5. The lowest BCUT2D eigenvalue weighted by Crippen LogP contribution is -2.53. The molecule has 0 aliphatic rings. The third-order valence-electron chi connectivity index (χ3n) is 15.8. The average Bonchev–Trinajstić information content (AvgIpc) is 3.36. The topological polar surface area (TPSA) is 110 Å². The van der Waals surface area contributed by atoms with Crippen LogP contribution in [-0.2, 0) is 4.79 Å². The average molecular weight is 993 g/mol. The van der Waals surface area contributed by atoms with Gasteiger partial charge in [0.1, 0.15) is 12.2 Å². The zero-order valence-corrected chi connectivity index (χ0v) is 47.8. The minimum Gasteiger partial charge on any atom is -0.394 e. The predicted molar refractivity (Wildman–Crippen MR) is 307 cm³/mol. The normalized spacial score (nSPS) is 13.5. The number of hydrogen-bond acceptors (Lipinski definition) is 5. The van der Waals surface area contributed by atoms with Gasteiger partial charge >= 0.3 is 0 Å². The first kappa shape index (κ1) is 69.3. The Labute approximate surface area is 439 Å². The molecule has 0 fully saturated rings. The molecule has 0 aromatic rings. The molecule has 1 amide bonds. The van der Waals surface area contributed by atoms with Gasteiger partial charge in [-0.15, -0.1) is 0 Å². The highest BCUT2D eigenvalue weighted by molar-refractivity contribution is 5.80. The predicted octanol–water partition coefficient (Wildman–Crippen LogP) is 19.4. The summed E-state index contributed by atoms with van der Waals surface area (Å²) in [4.78, 5) is 12.6. The van der Waals surface area contributed by atoms with Crippen molar-refractivity contribution in [1.82, 2.24) is 5.32 Å². The van der Waals surface area contributed by atoms with E-state index in [0.717, 1.165) is 38.5 Å². The van der Waals surface area contributed by atoms with Gasteiger partial charge < -0.3 is 25.7 Å². The quantitative estimate of drug-likeness (QED) is 0.0390. The smallest absolute Gasteiger partial charge is 0.249 e. The lowest BCUT2D eigenvalue weighted by Gasteiger charge is -2.27. The summed E-state index contributed by atoms with van der Waals surface area (Å²) in [6.07, 6.45) is 70.6. The molecule has 0 aromatic heterocycles. The molecule has 0 spiro atoms. The molecule has 5 N–H and O–H groups in total. The van der Waals surface area contributed by atoms with Crippen molar-refractivity contribution in [3.8, 4) is 0 Å². The maximum Gasteiger partial charge on any atom is 0.249 e. The highest BCUT2D eigenvalue weighted by Gasteiger charge is 2.28. The zero-order valence-electron chi connectivity index (χ0n) is 47.8. The van der Waals surface area contributed by atoms with Gasteiger partial charge in [-0.05, 0) is 12.8 Å². The van der Waals surface area contributed by atoms with E-state index in [-0.39, 0.29) is 0 Å². The third-order valence-corrected chi connectivity index (χ3v) is 15.8. The Morgan fingerprint density at radius 1 is 0.300 bits per heavy atom. The van der Waals surface area contributed by atoms with Crippen LogP contribution in [0.1, 0.15) is 373 Å². The van der Waals surface area contributed by atoms with Crippen LogP contribution in [0.5, 0.6) is 0 Å². The number of carbonyl (C=O) groups is 1. The molecule has 0 saturated heterocycles. The molecular weight excluding hydrogens is 863 g/mol. The standard InChI is InChI=1S/C64H129NO5/c1-3-5-7-9-11-13-15-17-19-21-23-25-27-28-29-30-31-32-33-34-36-37-39-41-43-45-47-49-51-53-55-57-61(67)63(69)60(59-66)65-64(70)62(68)58-56-54-52-50-48-46-44-42-40-38-35-26-24-22-20-18-16-14-12-10-8-6-4-2/h60-63,66-69H,3-59H2,1-2H3,(H,65,70). The summed E-state index contributed by atoms with van der Waals surface area (Å²) < 4.78 is 0. The summed E-state index contributed by atoms with van der Waals surface area (Å²) in [7, 11) is 0. The van der Waals surface area contributed by atoms with Crippen LogP contribution in [0.3, 0.4) is 0 Å². The lowest BCUT2D eigenvalue weighted by molar-refractivity contribution is -0.132. The fourth-order valence-electron chi connectivity index (χ4n) is 10.8. The van der Waals surface area contributed by atoms with Crippen molar-refractivity contribution in [3.05, 3.63) is 0 Å². The SMILES string of the molecule is CCCCCCCCCCCCCCCCCCCCCCCCCCCCCCCCCC(O)C(O)C(CO)NC(=O)C(O)CCCCCCCCCCCCCCCCCCCCCCCCC. The highest BCUT2D eigenvalue weighted by atomic mass is 16.3. The van der Waals surface area contributed by atoms with Crippen molar-refractivity contribution in [2.75, 3.05) is 6.61 Å². The number of aliphatic hydroxyl groups excluding tert-OH is 4. The second-order valence-corrected chi connectivity index (χ2v) is 22.8. The number of aliphatic hydroxyl groups is 4. The Morgan fingerprint density at radius 2 is 0.486 bits per heavy atom. The van der Waals surface area contributed by atoms with E-state index in [9.17, 15) is 25.2 Å². The van der Waals surface area contributed by atoms with Gasteiger partial charge in [0.05, 0.1) is 18.8 Å². The van der Waals surface area contributed by atoms with Crippen molar-refractivity contribution < 1.29 is 25.2 Å². The fraction of sp³-hybridized carbons (Fsp3) is 0.984. The van der Waals surface area contributed by atoms with Crippen LogP contribution in [0.4, 0.5) is 0 Å². The zero-order chi connectivity index (χ0) is 50.9. The molecule has 0 saturated carbocycles. The van der Waals surface area contributed by atoms with E-state index in [2.05, 4.69) is 19.2 Å². The molecule has 0 rings (SSSR count). The van der Waals surface area contributed by atoms with E-state index in [4.69, 9.17) is 0 Å². The summed E-state index contributed by atoms with van der Waals surface area (Å²) in [6.45, 7) is 4.11. The molecule has 420 valence electrons. The Hall–Kier alpha value is -0.690. The van der Waals surface area contributed by atoms with E-state index >= 15 is 0 Å². The van der Waals surface area contributed by atoms with Crippen LogP contribution in [0.25, 0.3) is 0 Å². The molecule has 0 bridgehead atoms. The van der Waals surface area contributed by atoms with Crippen molar-refractivity contribution in [3.63, 3.8) is 0 Å². The van der Waals surface area contributed by atoms with Gasteiger partial charge in [-0.1, -0.05) is 361 Å². The number of rotatable bonds is 61. The first-order valence-electron chi connectivity index (χ1n) is 32.4. The lowest BCUT2D eigenvalue weighted by atomic mass is 9.99. The summed E-state index contributed by atoms with van der Waals surface area (Å²) in [5, 5.41) is 44.2. The van der Waals surface area contributed by atoms with Gasteiger partial charge in [0, 0.05) is 0 Å². The number of amides is 1. The van der Waals surface area contributed by atoms with E-state index in [0.29, 0.717) is 12.8 Å². The molecule has 4 atom stereocenters. The minimum atomic E-state index is -1.26. The third kappa shape index (κ3) is 52.2. The summed E-state index contributed by atoms with van der Waals surface area (Å²) in [5.41, 5.74) is 0. The molecular formula is C64H129NO5. The van der Waals surface area contributed by atoms with Gasteiger partial charge in [0.2, 0.25) is 5.91 Å². The number of hydrogen-bond donors (Lipinski definition) is 5. The number of carbonyl (C=O) groups excluding carboxylic acids is 1. The van der Waals surface area contributed by atoms with Crippen molar-refractivity contribution in [1.29, 1.82) is 0 Å². The number of unbranched alkanes of at least 4 members (excludes halogenated alkanes) is 52. The first-order valence-corrected chi connectivity index (χ1v) is 32.4. The van der Waals surface area contributed by atoms with Gasteiger partial charge in [-0.25, -0.2) is 0 Å². The summed E-state index contributed by atoms with van der Waals surface area (Å²) in [5.74, 6) is -0.574. The molecule has 0 aromatic carbocycles. The molecule has 0 aliphatic carbocycles. The second kappa shape index (κ2) is 59.2. The summed E-state index contributed by atoms with van der Waals surface area (Å²) in [6, 6.07) is -0.982. The highest BCUT2D eigenvalue weighted by Crippen LogP contribution is 2.20. The molecule has 6 nitrogen and oxygen atoms in total. The van der Waals surface area contributed by atoms with Crippen LogP contribution < -0.4 is 5.32 Å². The Morgan fingerprint density at radius 3 is 0.686 bits per heavy atom. The molecule has 0 heterocycles. The maximum atomic E-state index is 12.6. The number of nitrogens with one attached hydrogen (secondary N) is 1. The van der Waals surface area contributed by atoms with Crippen LogP contribution in [0.15, 0.2) is 0 Å². The summed E-state index contributed by atoms with van der Waals surface area (Å²) >= 11 is 0. The second-order valence-electron chi connectivity index (χ2n) is 22.8. The van der Waals surface area contributed by atoms with E-state index in [1.807, 2.05) is 0 Å². The van der Waals surface area contributed by atoms with Crippen molar-refractivity contribution in [2.45, 2.75) is 398 Å². The Balaban J connectivity index is 3.52. The fourth-order valence-corrected chi connectivity index (χ4v) is 10.8. The van der Waals surface area contributed by atoms with E-state index < -0.39 is 36.9 Å². The van der Waals surface area contributed by atoms with Crippen LogP contribution in [0, 0.1) is 0 Å². The van der Waals surface area contributed by atoms with Gasteiger partial charge in [-0.3, -0.25) is 4.79 Å². The molecule has 70 heavy (non-hydrogen) atoms. The molecule has 0 radical (unpaired) electrons. The molecule has 6 heteroatoms. The largest absolute Gasteiger partial charge is 0.394 e. The molecule has 4 unspecified atom stereocenters.